The maximum absolute atomic E-state index is 12.5. The highest BCUT2D eigenvalue weighted by atomic mass is 16.5. The quantitative estimate of drug-likeness (QED) is 0.843. The van der Waals surface area contributed by atoms with Crippen molar-refractivity contribution in [3.8, 4) is 5.75 Å². The van der Waals surface area contributed by atoms with Crippen LogP contribution in [0, 0.1) is 0 Å². The van der Waals surface area contributed by atoms with Crippen molar-refractivity contribution >= 4 is 11.8 Å². The Hall–Kier alpha value is -2.82. The predicted octanol–water partition coefficient (Wildman–Crippen LogP) is 2.99. The van der Waals surface area contributed by atoms with Gasteiger partial charge in [0.25, 0.3) is 5.91 Å². The van der Waals surface area contributed by atoms with E-state index in [0.717, 1.165) is 16.9 Å². The molecular formula is C20H24N2O3. The fraction of sp³-hybridized carbons (Fsp3) is 0.300. The van der Waals surface area contributed by atoms with E-state index in [2.05, 4.69) is 5.32 Å². The van der Waals surface area contributed by atoms with Crippen LogP contribution in [0.15, 0.2) is 48.5 Å². The van der Waals surface area contributed by atoms with E-state index in [0.29, 0.717) is 25.3 Å². The summed E-state index contributed by atoms with van der Waals surface area (Å²) in [4.78, 5) is 25.1. The van der Waals surface area contributed by atoms with E-state index in [1.54, 1.807) is 24.1 Å². The van der Waals surface area contributed by atoms with Gasteiger partial charge in [0.05, 0.1) is 6.61 Å². The van der Waals surface area contributed by atoms with E-state index in [9.17, 15) is 9.59 Å². The van der Waals surface area contributed by atoms with Crippen molar-refractivity contribution in [3.63, 3.8) is 0 Å². The van der Waals surface area contributed by atoms with Gasteiger partial charge in [0.15, 0.2) is 0 Å². The Morgan fingerprint density at radius 1 is 1.00 bits per heavy atom. The Balaban J connectivity index is 1.95. The molecule has 132 valence electrons. The molecule has 0 spiro atoms. The highest BCUT2D eigenvalue weighted by molar-refractivity contribution is 5.94. The average Bonchev–Trinajstić information content (AvgIpc) is 2.61. The minimum atomic E-state index is -0.0739. The zero-order valence-corrected chi connectivity index (χ0v) is 14.9. The third kappa shape index (κ3) is 5.64. The lowest BCUT2D eigenvalue weighted by Gasteiger charge is -2.18. The molecule has 2 aromatic rings. The molecule has 0 bridgehead atoms. The Morgan fingerprint density at radius 2 is 1.60 bits per heavy atom. The largest absolute Gasteiger partial charge is 0.494 e. The minimum absolute atomic E-state index is 0.0417. The molecule has 0 fully saturated rings. The van der Waals surface area contributed by atoms with Gasteiger partial charge in [0.2, 0.25) is 5.91 Å². The average molecular weight is 340 g/mol. The highest BCUT2D eigenvalue weighted by Crippen LogP contribution is 2.14. The molecule has 0 unspecified atom stereocenters. The van der Waals surface area contributed by atoms with Crippen LogP contribution in [0.2, 0.25) is 0 Å². The van der Waals surface area contributed by atoms with E-state index in [4.69, 9.17) is 4.74 Å². The number of carbonyl (C=O) groups excluding carboxylic acids is 2. The summed E-state index contributed by atoms with van der Waals surface area (Å²) >= 11 is 0. The molecule has 1 N–H and O–H groups in total. The number of rotatable bonds is 7. The summed E-state index contributed by atoms with van der Waals surface area (Å²) in [6, 6.07) is 15.0. The van der Waals surface area contributed by atoms with Crippen molar-refractivity contribution in [1.29, 1.82) is 0 Å². The van der Waals surface area contributed by atoms with Gasteiger partial charge in [0.1, 0.15) is 5.75 Å². The molecule has 5 heteroatoms. The number of nitrogens with zero attached hydrogens (tertiary/aromatic N) is 1. The number of carbonyl (C=O) groups is 2. The Morgan fingerprint density at radius 3 is 2.16 bits per heavy atom. The van der Waals surface area contributed by atoms with Crippen LogP contribution in [0.3, 0.4) is 0 Å². The maximum Gasteiger partial charge on any atom is 0.253 e. The molecule has 2 amide bonds. The van der Waals surface area contributed by atoms with Crippen molar-refractivity contribution in [2.45, 2.75) is 26.9 Å². The van der Waals surface area contributed by atoms with Crippen molar-refractivity contribution in [1.82, 2.24) is 10.2 Å². The fourth-order valence-electron chi connectivity index (χ4n) is 2.42. The van der Waals surface area contributed by atoms with Gasteiger partial charge in [0, 0.05) is 32.6 Å². The zero-order valence-electron chi connectivity index (χ0n) is 14.9. The lowest BCUT2D eigenvalue weighted by atomic mass is 10.1. The zero-order chi connectivity index (χ0) is 18.2. The van der Waals surface area contributed by atoms with E-state index in [-0.39, 0.29) is 11.8 Å². The first-order valence-corrected chi connectivity index (χ1v) is 8.30. The van der Waals surface area contributed by atoms with E-state index in [1.165, 1.54) is 6.92 Å². The summed E-state index contributed by atoms with van der Waals surface area (Å²) in [6.07, 6.45) is 0. The van der Waals surface area contributed by atoms with Gasteiger partial charge < -0.3 is 15.0 Å². The fourth-order valence-corrected chi connectivity index (χ4v) is 2.42. The van der Waals surface area contributed by atoms with Crippen molar-refractivity contribution < 1.29 is 14.3 Å². The molecule has 0 heterocycles. The Bertz CT molecular complexity index is 709. The summed E-state index contributed by atoms with van der Waals surface area (Å²) in [5, 5.41) is 2.73. The topological polar surface area (TPSA) is 58.6 Å². The third-order valence-corrected chi connectivity index (χ3v) is 3.74. The van der Waals surface area contributed by atoms with Gasteiger partial charge in [-0.3, -0.25) is 9.59 Å². The van der Waals surface area contributed by atoms with Crippen LogP contribution in [0.4, 0.5) is 0 Å². The first-order chi connectivity index (χ1) is 12.0. The molecule has 0 radical (unpaired) electrons. The molecule has 0 saturated heterocycles. The minimum Gasteiger partial charge on any atom is -0.494 e. The molecule has 0 saturated carbocycles. The molecule has 0 aliphatic heterocycles. The Kier molecular flexibility index (Phi) is 6.57. The number of hydrogen-bond donors (Lipinski definition) is 1. The standard InChI is InChI=1S/C20H24N2O3/c1-4-25-19-11-7-17(8-12-19)14-22(3)20(24)18-9-5-16(6-10-18)13-21-15(2)23/h5-12H,4,13-14H2,1-3H3,(H,21,23). The van der Waals surface area contributed by atoms with Crippen LogP contribution in [0.5, 0.6) is 5.75 Å². The molecule has 2 rings (SSSR count). The van der Waals surface area contributed by atoms with E-state index in [1.807, 2.05) is 43.3 Å². The maximum atomic E-state index is 12.5. The van der Waals surface area contributed by atoms with Gasteiger partial charge in [-0.05, 0) is 42.3 Å². The van der Waals surface area contributed by atoms with Crippen molar-refractivity contribution in [3.05, 3.63) is 65.2 Å². The summed E-state index contributed by atoms with van der Waals surface area (Å²) in [6.45, 7) is 5.05. The lowest BCUT2D eigenvalue weighted by molar-refractivity contribution is -0.119. The molecule has 5 nitrogen and oxygen atoms in total. The van der Waals surface area contributed by atoms with Crippen LogP contribution in [-0.4, -0.2) is 30.4 Å². The lowest BCUT2D eigenvalue weighted by Crippen LogP contribution is -2.26. The number of hydrogen-bond acceptors (Lipinski definition) is 3. The molecule has 2 aromatic carbocycles. The van der Waals surface area contributed by atoms with Crippen molar-refractivity contribution in [2.24, 2.45) is 0 Å². The molecular weight excluding hydrogens is 316 g/mol. The first-order valence-electron chi connectivity index (χ1n) is 8.30. The summed E-state index contributed by atoms with van der Waals surface area (Å²) < 4.78 is 5.42. The highest BCUT2D eigenvalue weighted by Gasteiger charge is 2.12. The number of ether oxygens (including phenoxy) is 1. The second-order valence-corrected chi connectivity index (χ2v) is 5.84. The first kappa shape index (κ1) is 18.5. The van der Waals surface area contributed by atoms with Gasteiger partial charge in [-0.15, -0.1) is 0 Å². The van der Waals surface area contributed by atoms with Crippen LogP contribution in [-0.2, 0) is 17.9 Å². The van der Waals surface area contributed by atoms with E-state index < -0.39 is 0 Å². The van der Waals surface area contributed by atoms with Crippen LogP contribution >= 0.6 is 0 Å². The molecule has 0 atom stereocenters. The van der Waals surface area contributed by atoms with Crippen LogP contribution < -0.4 is 10.1 Å². The van der Waals surface area contributed by atoms with Gasteiger partial charge in [-0.1, -0.05) is 24.3 Å². The van der Waals surface area contributed by atoms with Crippen molar-refractivity contribution in [2.75, 3.05) is 13.7 Å². The Labute approximate surface area is 148 Å². The van der Waals surface area contributed by atoms with Gasteiger partial charge >= 0.3 is 0 Å². The van der Waals surface area contributed by atoms with Gasteiger partial charge in [-0.2, -0.15) is 0 Å². The third-order valence-electron chi connectivity index (χ3n) is 3.74. The van der Waals surface area contributed by atoms with Crippen LogP contribution in [0.1, 0.15) is 35.3 Å². The SMILES string of the molecule is CCOc1ccc(CN(C)C(=O)c2ccc(CNC(C)=O)cc2)cc1. The van der Waals surface area contributed by atoms with E-state index >= 15 is 0 Å². The predicted molar refractivity (Wildman–Crippen MR) is 97.4 cm³/mol. The number of amides is 2. The summed E-state index contributed by atoms with van der Waals surface area (Å²) in [7, 11) is 1.78. The number of benzene rings is 2. The molecule has 0 aliphatic carbocycles. The monoisotopic (exact) mass is 340 g/mol. The molecule has 25 heavy (non-hydrogen) atoms. The smallest absolute Gasteiger partial charge is 0.253 e. The second kappa shape index (κ2) is 8.87. The molecule has 0 aromatic heterocycles. The summed E-state index contributed by atoms with van der Waals surface area (Å²) in [5.74, 6) is 0.713. The van der Waals surface area contributed by atoms with Crippen LogP contribution in [0.25, 0.3) is 0 Å². The number of nitrogens with one attached hydrogen (secondary N) is 1. The second-order valence-electron chi connectivity index (χ2n) is 5.84. The van der Waals surface area contributed by atoms with Gasteiger partial charge in [-0.25, -0.2) is 0 Å². The molecule has 0 aliphatic rings. The normalized spacial score (nSPS) is 10.2. The summed E-state index contributed by atoms with van der Waals surface area (Å²) in [5.41, 5.74) is 2.63.